The van der Waals surface area contributed by atoms with Gasteiger partial charge in [0.2, 0.25) is 0 Å². The Bertz CT molecular complexity index is 426. The number of carboxylic acids is 1. The maximum atomic E-state index is 11.6. The van der Waals surface area contributed by atoms with Gasteiger partial charge in [0.05, 0.1) is 12.4 Å². The van der Waals surface area contributed by atoms with Crippen LogP contribution in [-0.2, 0) is 4.79 Å². The normalized spacial score (nSPS) is 11.9. The van der Waals surface area contributed by atoms with Crippen molar-refractivity contribution in [3.63, 3.8) is 0 Å². The highest BCUT2D eigenvalue weighted by Gasteiger charge is 2.20. The summed E-state index contributed by atoms with van der Waals surface area (Å²) in [4.78, 5) is 29.6. The molecule has 1 aromatic rings. The summed E-state index contributed by atoms with van der Waals surface area (Å²) in [5, 5.41) is 19.7. The number of halogens is 1. The molecule has 1 heterocycles. The molecule has 7 nitrogen and oxygen atoms in total. The lowest BCUT2D eigenvalue weighted by Crippen LogP contribution is -2.41. The molecule has 1 atom stereocenters. The fourth-order valence-corrected chi connectivity index (χ4v) is 1.22. The molecule has 0 unspecified atom stereocenters. The molecular formula is C9H10ClN3O4. The number of hydrogen-bond donors (Lipinski definition) is 3. The molecule has 92 valence electrons. The number of carbonyl (C=O) groups excluding carboxylic acids is 1. The van der Waals surface area contributed by atoms with Crippen LogP contribution in [0.1, 0.15) is 16.9 Å². The van der Waals surface area contributed by atoms with Crippen LogP contribution in [0, 0.1) is 0 Å². The van der Waals surface area contributed by atoms with Crippen LogP contribution in [0.2, 0.25) is 5.15 Å². The summed E-state index contributed by atoms with van der Waals surface area (Å²) in [5.41, 5.74) is -0.0818. The Hall–Kier alpha value is -1.73. The molecule has 0 saturated heterocycles. The lowest BCUT2D eigenvalue weighted by Gasteiger charge is -2.12. The molecule has 0 bridgehead atoms. The number of amides is 1. The van der Waals surface area contributed by atoms with Crippen LogP contribution in [0.3, 0.4) is 0 Å². The number of aliphatic carboxylic acids is 1. The number of aliphatic hydroxyl groups is 1. The first-order valence-electron chi connectivity index (χ1n) is 4.66. The quantitative estimate of drug-likeness (QED) is 0.669. The predicted molar refractivity (Wildman–Crippen MR) is 57.6 cm³/mol. The van der Waals surface area contributed by atoms with Crippen molar-refractivity contribution < 1.29 is 19.8 Å². The van der Waals surface area contributed by atoms with E-state index in [-0.39, 0.29) is 23.9 Å². The predicted octanol–water partition coefficient (Wildman–Crippen LogP) is -0.305. The minimum absolute atomic E-state index is 0.0340. The van der Waals surface area contributed by atoms with Gasteiger partial charge in [0.25, 0.3) is 5.91 Å². The van der Waals surface area contributed by atoms with Gasteiger partial charge in [-0.25, -0.2) is 9.78 Å². The van der Waals surface area contributed by atoms with E-state index in [4.69, 9.17) is 21.8 Å². The maximum absolute atomic E-state index is 11.6. The smallest absolute Gasteiger partial charge is 0.326 e. The van der Waals surface area contributed by atoms with Crippen LogP contribution in [-0.4, -0.2) is 44.7 Å². The lowest BCUT2D eigenvalue weighted by atomic mass is 10.2. The molecule has 0 spiro atoms. The average Bonchev–Trinajstić information content (AvgIpc) is 2.28. The first-order chi connectivity index (χ1) is 8.04. The van der Waals surface area contributed by atoms with Crippen molar-refractivity contribution >= 4 is 23.5 Å². The first kappa shape index (κ1) is 13.3. The summed E-state index contributed by atoms with van der Waals surface area (Å²) >= 11 is 5.54. The van der Waals surface area contributed by atoms with Gasteiger partial charge in [0, 0.05) is 13.0 Å². The van der Waals surface area contributed by atoms with E-state index in [0.717, 1.165) is 0 Å². The monoisotopic (exact) mass is 259 g/mol. The highest BCUT2D eigenvalue weighted by Crippen LogP contribution is 2.03. The van der Waals surface area contributed by atoms with Gasteiger partial charge in [0.15, 0.2) is 0 Å². The number of hydrogen-bond acceptors (Lipinski definition) is 5. The molecule has 3 N–H and O–H groups in total. The molecule has 0 saturated carbocycles. The Morgan fingerprint density at radius 2 is 2.18 bits per heavy atom. The second-order valence-electron chi connectivity index (χ2n) is 3.10. The van der Waals surface area contributed by atoms with E-state index in [1.165, 1.54) is 12.4 Å². The van der Waals surface area contributed by atoms with Crippen LogP contribution >= 0.6 is 11.6 Å². The van der Waals surface area contributed by atoms with Crippen LogP contribution in [0.25, 0.3) is 0 Å². The van der Waals surface area contributed by atoms with Gasteiger partial charge in [0.1, 0.15) is 16.9 Å². The molecular weight excluding hydrogens is 250 g/mol. The van der Waals surface area contributed by atoms with Crippen LogP contribution in [0.4, 0.5) is 0 Å². The van der Waals surface area contributed by atoms with E-state index >= 15 is 0 Å². The van der Waals surface area contributed by atoms with Gasteiger partial charge >= 0.3 is 5.97 Å². The van der Waals surface area contributed by atoms with Gasteiger partial charge in [-0.1, -0.05) is 11.6 Å². The van der Waals surface area contributed by atoms with Gasteiger partial charge < -0.3 is 15.5 Å². The third-order valence-corrected chi connectivity index (χ3v) is 2.04. The first-order valence-corrected chi connectivity index (χ1v) is 5.04. The Morgan fingerprint density at radius 3 is 2.71 bits per heavy atom. The molecule has 1 aromatic heterocycles. The number of carboxylic acid groups (broad SMARTS) is 1. The molecule has 0 aliphatic rings. The van der Waals surface area contributed by atoms with Crippen molar-refractivity contribution in [2.45, 2.75) is 12.5 Å². The van der Waals surface area contributed by atoms with Crippen molar-refractivity contribution in [1.29, 1.82) is 0 Å². The van der Waals surface area contributed by atoms with Gasteiger partial charge in [-0.05, 0) is 0 Å². The number of nitrogens with zero attached hydrogens (tertiary/aromatic N) is 2. The molecule has 1 rings (SSSR count). The zero-order valence-corrected chi connectivity index (χ0v) is 9.39. The third kappa shape index (κ3) is 3.97. The summed E-state index contributed by atoms with van der Waals surface area (Å²) in [7, 11) is 0. The number of aliphatic hydroxyl groups excluding tert-OH is 1. The van der Waals surface area contributed by atoms with E-state index in [1.54, 1.807) is 0 Å². The number of nitrogens with one attached hydrogen (secondary N) is 1. The second-order valence-corrected chi connectivity index (χ2v) is 3.49. The minimum atomic E-state index is -1.23. The van der Waals surface area contributed by atoms with E-state index in [9.17, 15) is 9.59 Å². The zero-order valence-electron chi connectivity index (χ0n) is 8.63. The topological polar surface area (TPSA) is 112 Å². The fourth-order valence-electron chi connectivity index (χ4n) is 1.07. The SMILES string of the molecule is O=C(N[C@@H](CCO)C(=O)O)c1cncc(Cl)n1. The third-order valence-electron chi connectivity index (χ3n) is 1.86. The highest BCUT2D eigenvalue weighted by atomic mass is 35.5. The van der Waals surface area contributed by atoms with E-state index in [0.29, 0.717) is 0 Å². The lowest BCUT2D eigenvalue weighted by molar-refractivity contribution is -0.139. The van der Waals surface area contributed by atoms with Gasteiger partial charge in [-0.2, -0.15) is 0 Å². The van der Waals surface area contributed by atoms with Crippen LogP contribution in [0.15, 0.2) is 12.4 Å². The molecule has 0 aliphatic carbocycles. The molecule has 0 radical (unpaired) electrons. The molecule has 17 heavy (non-hydrogen) atoms. The van der Waals surface area contributed by atoms with Crippen LogP contribution in [0.5, 0.6) is 0 Å². The largest absolute Gasteiger partial charge is 0.480 e. The Kier molecular flexibility index (Phi) is 4.80. The minimum Gasteiger partial charge on any atom is -0.480 e. The van der Waals surface area contributed by atoms with Gasteiger partial charge in [-0.3, -0.25) is 9.78 Å². The molecule has 0 aliphatic heterocycles. The Balaban J connectivity index is 2.73. The van der Waals surface area contributed by atoms with Crippen molar-refractivity contribution in [2.75, 3.05) is 6.61 Å². The van der Waals surface area contributed by atoms with E-state index in [1.807, 2.05) is 0 Å². The average molecular weight is 260 g/mol. The van der Waals surface area contributed by atoms with Crippen LogP contribution < -0.4 is 5.32 Å². The van der Waals surface area contributed by atoms with Crippen molar-refractivity contribution in [2.24, 2.45) is 0 Å². The van der Waals surface area contributed by atoms with Crippen molar-refractivity contribution in [1.82, 2.24) is 15.3 Å². The number of carbonyl (C=O) groups is 2. The summed E-state index contributed by atoms with van der Waals surface area (Å²) in [5.74, 6) is -1.94. The van der Waals surface area contributed by atoms with E-state index < -0.39 is 17.9 Å². The Morgan fingerprint density at radius 1 is 1.47 bits per heavy atom. The standard InChI is InChI=1S/C9H10ClN3O4/c10-7-4-11-3-6(12-7)8(15)13-5(1-2-14)9(16)17/h3-5,14H,1-2H2,(H,13,15)(H,16,17)/t5-/m0/s1. The molecule has 0 fully saturated rings. The van der Waals surface area contributed by atoms with Crippen molar-refractivity contribution in [3.8, 4) is 0 Å². The second kappa shape index (κ2) is 6.12. The summed E-state index contributed by atoms with van der Waals surface area (Å²) < 4.78 is 0. The number of rotatable bonds is 5. The maximum Gasteiger partial charge on any atom is 0.326 e. The fraction of sp³-hybridized carbons (Fsp3) is 0.333. The Labute approximate surface area is 101 Å². The molecule has 8 heteroatoms. The highest BCUT2D eigenvalue weighted by molar-refractivity contribution is 6.29. The molecule has 0 aromatic carbocycles. The molecule has 1 amide bonds. The van der Waals surface area contributed by atoms with Crippen molar-refractivity contribution in [3.05, 3.63) is 23.2 Å². The van der Waals surface area contributed by atoms with E-state index in [2.05, 4.69) is 15.3 Å². The van der Waals surface area contributed by atoms with Gasteiger partial charge in [-0.15, -0.1) is 0 Å². The summed E-state index contributed by atoms with van der Waals surface area (Å²) in [6.07, 6.45) is 2.33. The summed E-state index contributed by atoms with van der Waals surface area (Å²) in [6, 6.07) is -1.17. The zero-order chi connectivity index (χ0) is 12.8. The summed E-state index contributed by atoms with van der Waals surface area (Å²) in [6.45, 7) is -0.349. The number of aromatic nitrogens is 2.